The van der Waals surface area contributed by atoms with Gasteiger partial charge in [0, 0.05) is 24.5 Å². The van der Waals surface area contributed by atoms with E-state index in [1.165, 1.54) is 6.08 Å². The van der Waals surface area contributed by atoms with Gasteiger partial charge in [-0.1, -0.05) is 0 Å². The molecule has 1 fully saturated rings. The van der Waals surface area contributed by atoms with Gasteiger partial charge in [0.1, 0.15) is 0 Å². The monoisotopic (exact) mass is 296 g/mol. The van der Waals surface area contributed by atoms with Crippen LogP contribution >= 0.6 is 11.3 Å². The molecular formula is C14H20N2O3S. The fourth-order valence-electron chi connectivity index (χ4n) is 2.28. The van der Waals surface area contributed by atoms with Crippen LogP contribution in [0.2, 0.25) is 0 Å². The van der Waals surface area contributed by atoms with Crippen molar-refractivity contribution in [3.8, 4) is 0 Å². The zero-order valence-electron chi connectivity index (χ0n) is 12.0. The highest BCUT2D eigenvalue weighted by Crippen LogP contribution is 2.21. The number of aromatic nitrogens is 1. The lowest BCUT2D eigenvalue weighted by Crippen LogP contribution is -2.55. The van der Waals surface area contributed by atoms with Crippen LogP contribution in [0.15, 0.2) is 11.5 Å². The van der Waals surface area contributed by atoms with Gasteiger partial charge in [-0.25, -0.2) is 4.98 Å². The van der Waals surface area contributed by atoms with Crippen molar-refractivity contribution >= 4 is 23.3 Å². The Morgan fingerprint density at radius 1 is 1.70 bits per heavy atom. The van der Waals surface area contributed by atoms with Crippen molar-refractivity contribution in [1.29, 1.82) is 0 Å². The molecule has 6 heteroatoms. The number of aliphatic hydroxyl groups excluding tert-OH is 1. The number of thiazole rings is 1. The fourth-order valence-corrected chi connectivity index (χ4v) is 2.86. The highest BCUT2D eigenvalue weighted by molar-refractivity contribution is 7.09. The van der Waals surface area contributed by atoms with Crippen LogP contribution in [-0.2, 0) is 9.53 Å². The molecule has 1 unspecified atom stereocenters. The van der Waals surface area contributed by atoms with E-state index in [0.29, 0.717) is 13.1 Å². The Balaban J connectivity index is 2.02. The first-order valence-electron chi connectivity index (χ1n) is 6.57. The molecule has 1 aliphatic heterocycles. The van der Waals surface area contributed by atoms with E-state index in [4.69, 9.17) is 4.74 Å². The van der Waals surface area contributed by atoms with Crippen molar-refractivity contribution in [1.82, 2.24) is 9.88 Å². The molecule has 0 spiro atoms. The van der Waals surface area contributed by atoms with Gasteiger partial charge >= 0.3 is 0 Å². The van der Waals surface area contributed by atoms with Crippen LogP contribution < -0.4 is 0 Å². The number of aryl methyl sites for hydroxylation is 1. The van der Waals surface area contributed by atoms with Gasteiger partial charge in [-0.3, -0.25) is 4.79 Å². The van der Waals surface area contributed by atoms with E-state index >= 15 is 0 Å². The molecule has 1 aromatic heterocycles. The summed E-state index contributed by atoms with van der Waals surface area (Å²) in [6.45, 7) is 6.62. The van der Waals surface area contributed by atoms with Crippen LogP contribution in [0.4, 0.5) is 0 Å². The second kappa shape index (κ2) is 6.03. The largest absolute Gasteiger partial charge is 0.394 e. The molecule has 0 bridgehead atoms. The number of carbonyl (C=O) groups excluding carboxylic acids is 1. The van der Waals surface area contributed by atoms with Crippen LogP contribution in [0.5, 0.6) is 0 Å². The van der Waals surface area contributed by atoms with Crippen LogP contribution in [0.1, 0.15) is 24.5 Å². The van der Waals surface area contributed by atoms with Crippen molar-refractivity contribution in [2.45, 2.75) is 32.5 Å². The van der Waals surface area contributed by atoms with Crippen molar-refractivity contribution in [3.05, 3.63) is 22.2 Å². The summed E-state index contributed by atoms with van der Waals surface area (Å²) in [4.78, 5) is 18.2. The number of rotatable bonds is 3. The second-order valence-corrected chi connectivity index (χ2v) is 6.59. The summed E-state index contributed by atoms with van der Waals surface area (Å²) in [6, 6.07) is 0. The lowest BCUT2D eigenvalue weighted by Gasteiger charge is -2.41. The minimum absolute atomic E-state index is 0.0783. The van der Waals surface area contributed by atoms with Crippen LogP contribution in [0.3, 0.4) is 0 Å². The van der Waals surface area contributed by atoms with Gasteiger partial charge in [0.15, 0.2) is 0 Å². The SMILES string of the molecule is Cc1nc(/C=C/C(=O)N2CC(CO)OC(C)(C)C2)cs1. The molecule has 2 rings (SSSR count). The van der Waals surface area contributed by atoms with Crippen LogP contribution in [-0.4, -0.2) is 52.3 Å². The second-order valence-electron chi connectivity index (χ2n) is 5.53. The predicted molar refractivity (Wildman–Crippen MR) is 78.5 cm³/mol. The molecule has 1 aromatic rings. The van der Waals surface area contributed by atoms with Crippen molar-refractivity contribution in [3.63, 3.8) is 0 Å². The van der Waals surface area contributed by atoms with E-state index in [2.05, 4.69) is 4.98 Å². The molecule has 110 valence electrons. The molecular weight excluding hydrogens is 276 g/mol. The molecule has 0 aromatic carbocycles. The summed E-state index contributed by atoms with van der Waals surface area (Å²) in [7, 11) is 0. The van der Waals surface area contributed by atoms with E-state index in [-0.39, 0.29) is 18.6 Å². The molecule has 1 atom stereocenters. The maximum Gasteiger partial charge on any atom is 0.246 e. The quantitative estimate of drug-likeness (QED) is 0.858. The smallest absolute Gasteiger partial charge is 0.246 e. The Morgan fingerprint density at radius 2 is 2.45 bits per heavy atom. The Hall–Kier alpha value is -1.24. The normalized spacial score (nSPS) is 22.4. The number of carbonyl (C=O) groups is 1. The van der Waals surface area contributed by atoms with Crippen molar-refractivity contribution in [2.75, 3.05) is 19.7 Å². The first-order valence-corrected chi connectivity index (χ1v) is 7.45. The highest BCUT2D eigenvalue weighted by atomic mass is 32.1. The highest BCUT2D eigenvalue weighted by Gasteiger charge is 2.34. The lowest BCUT2D eigenvalue weighted by molar-refractivity contribution is -0.163. The Kier molecular flexibility index (Phi) is 4.57. The van der Waals surface area contributed by atoms with Gasteiger partial charge in [0.2, 0.25) is 5.91 Å². The first-order chi connectivity index (χ1) is 9.39. The van der Waals surface area contributed by atoms with Gasteiger partial charge in [-0.05, 0) is 26.8 Å². The maximum atomic E-state index is 12.2. The Bertz CT molecular complexity index is 510. The summed E-state index contributed by atoms with van der Waals surface area (Å²) in [5.41, 5.74) is 0.360. The number of hydrogen-bond acceptors (Lipinski definition) is 5. The third-order valence-electron chi connectivity index (χ3n) is 3.03. The average molecular weight is 296 g/mol. The van der Waals surface area contributed by atoms with Crippen molar-refractivity contribution < 1.29 is 14.6 Å². The third kappa shape index (κ3) is 3.88. The number of amides is 1. The van der Waals surface area contributed by atoms with Crippen molar-refractivity contribution in [2.24, 2.45) is 0 Å². The summed E-state index contributed by atoms with van der Waals surface area (Å²) in [5, 5.41) is 12.1. The Labute approximate surface area is 122 Å². The molecule has 0 aliphatic carbocycles. The standard InChI is InChI=1S/C14H20N2O3S/c1-10-15-11(8-20-10)4-5-13(18)16-6-12(7-17)19-14(2,3)9-16/h4-5,8,12,17H,6-7,9H2,1-3H3/b5-4+. The zero-order valence-corrected chi connectivity index (χ0v) is 12.8. The summed E-state index contributed by atoms with van der Waals surface area (Å²) < 4.78 is 5.69. The van der Waals surface area contributed by atoms with Crippen LogP contribution in [0, 0.1) is 6.92 Å². The van der Waals surface area contributed by atoms with Gasteiger partial charge in [0.05, 0.1) is 29.0 Å². The minimum Gasteiger partial charge on any atom is -0.394 e. The van der Waals surface area contributed by atoms with E-state index in [9.17, 15) is 9.90 Å². The molecule has 20 heavy (non-hydrogen) atoms. The third-order valence-corrected chi connectivity index (χ3v) is 3.82. The molecule has 1 N–H and O–H groups in total. The number of ether oxygens (including phenoxy) is 1. The number of hydrogen-bond donors (Lipinski definition) is 1. The maximum absolute atomic E-state index is 12.2. The van der Waals surface area contributed by atoms with E-state index in [1.54, 1.807) is 22.3 Å². The van der Waals surface area contributed by atoms with Gasteiger partial charge < -0.3 is 14.7 Å². The number of morpholine rings is 1. The summed E-state index contributed by atoms with van der Waals surface area (Å²) in [6.07, 6.45) is 2.93. The van der Waals surface area contributed by atoms with E-state index in [1.807, 2.05) is 26.2 Å². The molecule has 1 aliphatic rings. The summed E-state index contributed by atoms with van der Waals surface area (Å²) >= 11 is 1.56. The zero-order chi connectivity index (χ0) is 14.8. The molecule has 2 heterocycles. The fraction of sp³-hybridized carbons (Fsp3) is 0.571. The van der Waals surface area contributed by atoms with E-state index in [0.717, 1.165) is 10.7 Å². The number of aliphatic hydroxyl groups is 1. The molecule has 1 saturated heterocycles. The molecule has 5 nitrogen and oxygen atoms in total. The molecule has 0 saturated carbocycles. The summed E-state index contributed by atoms with van der Waals surface area (Å²) in [5.74, 6) is -0.0783. The topological polar surface area (TPSA) is 62.7 Å². The van der Waals surface area contributed by atoms with Crippen LogP contribution in [0.25, 0.3) is 6.08 Å². The first kappa shape index (κ1) is 15.2. The molecule has 0 radical (unpaired) electrons. The number of nitrogens with zero attached hydrogens (tertiary/aromatic N) is 2. The average Bonchev–Trinajstić information content (AvgIpc) is 2.79. The lowest BCUT2D eigenvalue weighted by atomic mass is 10.1. The van der Waals surface area contributed by atoms with Gasteiger partial charge in [-0.2, -0.15) is 0 Å². The predicted octanol–water partition coefficient (Wildman–Crippen LogP) is 1.46. The Morgan fingerprint density at radius 3 is 3.05 bits per heavy atom. The molecule has 1 amide bonds. The van der Waals surface area contributed by atoms with Gasteiger partial charge in [-0.15, -0.1) is 11.3 Å². The van der Waals surface area contributed by atoms with Gasteiger partial charge in [0.25, 0.3) is 0 Å². The minimum atomic E-state index is -0.438. The van der Waals surface area contributed by atoms with E-state index < -0.39 is 5.60 Å².